The maximum absolute atomic E-state index is 12.0. The van der Waals surface area contributed by atoms with E-state index in [9.17, 15) is 9.90 Å². The van der Waals surface area contributed by atoms with Gasteiger partial charge in [-0.25, -0.2) is 4.98 Å². The van der Waals surface area contributed by atoms with Crippen molar-refractivity contribution in [1.29, 1.82) is 0 Å². The van der Waals surface area contributed by atoms with E-state index in [0.29, 0.717) is 23.7 Å². The van der Waals surface area contributed by atoms with E-state index in [1.165, 1.54) is 6.07 Å². The molecule has 0 aliphatic heterocycles. The van der Waals surface area contributed by atoms with E-state index in [1.807, 2.05) is 27.9 Å². The Labute approximate surface area is 125 Å². The van der Waals surface area contributed by atoms with Gasteiger partial charge in [-0.1, -0.05) is 25.4 Å². The van der Waals surface area contributed by atoms with Crippen LogP contribution in [-0.2, 0) is 0 Å². The molecule has 2 N–H and O–H groups in total. The lowest BCUT2D eigenvalue weighted by Crippen LogP contribution is -2.33. The van der Waals surface area contributed by atoms with Gasteiger partial charge in [-0.05, 0) is 24.5 Å². The fourth-order valence-corrected chi connectivity index (χ4v) is 1.99. The van der Waals surface area contributed by atoms with Crippen molar-refractivity contribution in [3.05, 3.63) is 22.8 Å². The van der Waals surface area contributed by atoms with Crippen LogP contribution in [0.15, 0.2) is 12.1 Å². The van der Waals surface area contributed by atoms with Gasteiger partial charge in [-0.3, -0.25) is 4.79 Å². The molecular formula is C14H22ClN3O2. The van der Waals surface area contributed by atoms with Gasteiger partial charge in [0.25, 0.3) is 5.91 Å². The van der Waals surface area contributed by atoms with Crippen molar-refractivity contribution in [1.82, 2.24) is 10.3 Å². The number of pyridine rings is 1. The van der Waals surface area contributed by atoms with Crippen LogP contribution in [0.5, 0.6) is 0 Å². The number of nitrogens with one attached hydrogen (secondary N) is 1. The first-order chi connectivity index (χ1) is 9.29. The number of amides is 1. The van der Waals surface area contributed by atoms with Crippen LogP contribution >= 0.6 is 11.6 Å². The highest BCUT2D eigenvalue weighted by Crippen LogP contribution is 2.16. The first-order valence-electron chi connectivity index (χ1n) is 6.60. The van der Waals surface area contributed by atoms with Crippen molar-refractivity contribution in [2.24, 2.45) is 5.92 Å². The highest BCUT2D eigenvalue weighted by Gasteiger charge is 2.13. The van der Waals surface area contributed by atoms with Gasteiger partial charge in [0, 0.05) is 26.2 Å². The molecule has 0 fully saturated rings. The van der Waals surface area contributed by atoms with E-state index in [2.05, 4.69) is 10.3 Å². The minimum atomic E-state index is -0.537. The summed E-state index contributed by atoms with van der Waals surface area (Å²) in [6.07, 6.45) is 0.116. The minimum absolute atomic E-state index is 0.230. The summed E-state index contributed by atoms with van der Waals surface area (Å²) in [5.41, 5.74) is 0.436. The molecule has 0 aromatic carbocycles. The Balaban J connectivity index is 2.68. The zero-order valence-electron chi connectivity index (χ0n) is 12.4. The number of aromatic nitrogens is 1. The summed E-state index contributed by atoms with van der Waals surface area (Å²) in [5.74, 6) is 0.739. The summed E-state index contributed by atoms with van der Waals surface area (Å²) in [6.45, 7) is 4.28. The zero-order chi connectivity index (χ0) is 15.3. The number of carbonyl (C=O) groups excluding carboxylic acids is 1. The van der Waals surface area contributed by atoms with Gasteiger partial charge < -0.3 is 15.3 Å². The van der Waals surface area contributed by atoms with Crippen LogP contribution in [0.3, 0.4) is 0 Å². The summed E-state index contributed by atoms with van der Waals surface area (Å²) in [4.78, 5) is 17.9. The molecule has 0 bridgehead atoms. The highest BCUT2D eigenvalue weighted by atomic mass is 35.5. The predicted molar refractivity (Wildman–Crippen MR) is 81.4 cm³/mol. The lowest BCUT2D eigenvalue weighted by Gasteiger charge is -2.15. The van der Waals surface area contributed by atoms with Gasteiger partial charge in [0.05, 0.1) is 6.10 Å². The number of halogens is 1. The van der Waals surface area contributed by atoms with Crippen molar-refractivity contribution in [2.45, 2.75) is 26.4 Å². The van der Waals surface area contributed by atoms with Crippen molar-refractivity contribution in [2.75, 3.05) is 25.5 Å². The largest absolute Gasteiger partial charge is 0.391 e. The fraction of sp³-hybridized carbons (Fsp3) is 0.571. The molecule has 1 heterocycles. The Bertz CT molecular complexity index is 464. The Morgan fingerprint density at radius 2 is 2.10 bits per heavy atom. The SMILES string of the molecule is CC(C)CC(O)CNC(=O)c1cc(Cl)nc(N(C)C)c1. The molecule has 112 valence electrons. The predicted octanol–water partition coefficient (Wildman–Crippen LogP) is 1.94. The zero-order valence-corrected chi connectivity index (χ0v) is 13.1. The number of nitrogens with zero attached hydrogens (tertiary/aromatic N) is 2. The Morgan fingerprint density at radius 1 is 1.45 bits per heavy atom. The van der Waals surface area contributed by atoms with Gasteiger partial charge >= 0.3 is 0 Å². The van der Waals surface area contributed by atoms with Crippen LogP contribution in [0.2, 0.25) is 5.15 Å². The number of anilines is 1. The number of aliphatic hydroxyl groups is 1. The molecular weight excluding hydrogens is 278 g/mol. The lowest BCUT2D eigenvalue weighted by molar-refractivity contribution is 0.0900. The Hall–Kier alpha value is -1.33. The number of hydrogen-bond acceptors (Lipinski definition) is 4. The van der Waals surface area contributed by atoms with Crippen LogP contribution in [0.25, 0.3) is 0 Å². The van der Waals surface area contributed by atoms with E-state index in [-0.39, 0.29) is 17.6 Å². The second-order valence-corrected chi connectivity index (χ2v) is 5.81. The molecule has 0 aliphatic carbocycles. The molecule has 1 aromatic heterocycles. The second kappa shape index (κ2) is 7.45. The first kappa shape index (κ1) is 16.7. The summed E-state index contributed by atoms with van der Waals surface area (Å²) in [6, 6.07) is 3.18. The molecule has 0 saturated heterocycles. The monoisotopic (exact) mass is 299 g/mol. The second-order valence-electron chi connectivity index (χ2n) is 5.42. The molecule has 0 spiro atoms. The summed E-state index contributed by atoms with van der Waals surface area (Å²) < 4.78 is 0. The molecule has 1 amide bonds. The third-order valence-electron chi connectivity index (χ3n) is 2.74. The molecule has 0 saturated carbocycles. The van der Waals surface area contributed by atoms with Crippen LogP contribution in [-0.4, -0.2) is 42.7 Å². The number of aliphatic hydroxyl groups excluding tert-OH is 1. The topological polar surface area (TPSA) is 65.5 Å². The lowest BCUT2D eigenvalue weighted by atomic mass is 10.1. The van der Waals surface area contributed by atoms with Gasteiger partial charge in [0.15, 0.2) is 0 Å². The van der Waals surface area contributed by atoms with E-state index in [0.717, 1.165) is 0 Å². The Morgan fingerprint density at radius 3 is 2.65 bits per heavy atom. The number of carbonyl (C=O) groups is 1. The van der Waals surface area contributed by atoms with Crippen LogP contribution in [0.4, 0.5) is 5.82 Å². The smallest absolute Gasteiger partial charge is 0.251 e. The van der Waals surface area contributed by atoms with Crippen LogP contribution in [0.1, 0.15) is 30.6 Å². The van der Waals surface area contributed by atoms with Crippen molar-refractivity contribution in [3.63, 3.8) is 0 Å². The summed E-state index contributed by atoms with van der Waals surface area (Å²) in [5, 5.41) is 12.7. The number of hydrogen-bond donors (Lipinski definition) is 2. The maximum Gasteiger partial charge on any atom is 0.251 e. The normalized spacial score (nSPS) is 12.3. The third-order valence-corrected chi connectivity index (χ3v) is 2.94. The summed E-state index contributed by atoms with van der Waals surface area (Å²) in [7, 11) is 3.65. The Kier molecular flexibility index (Phi) is 6.23. The van der Waals surface area contributed by atoms with E-state index < -0.39 is 6.10 Å². The van der Waals surface area contributed by atoms with E-state index in [4.69, 9.17) is 11.6 Å². The quantitative estimate of drug-likeness (QED) is 0.788. The molecule has 1 atom stereocenters. The van der Waals surface area contributed by atoms with Crippen molar-refractivity contribution < 1.29 is 9.90 Å². The first-order valence-corrected chi connectivity index (χ1v) is 6.98. The molecule has 1 rings (SSSR count). The molecule has 20 heavy (non-hydrogen) atoms. The molecule has 1 unspecified atom stereocenters. The van der Waals surface area contributed by atoms with Gasteiger partial charge in [0.1, 0.15) is 11.0 Å². The number of rotatable bonds is 6. The van der Waals surface area contributed by atoms with E-state index >= 15 is 0 Å². The average molecular weight is 300 g/mol. The van der Waals surface area contributed by atoms with Crippen molar-refractivity contribution >= 4 is 23.3 Å². The van der Waals surface area contributed by atoms with Crippen molar-refractivity contribution in [3.8, 4) is 0 Å². The molecule has 5 nitrogen and oxygen atoms in total. The maximum atomic E-state index is 12.0. The standard InChI is InChI=1S/C14H22ClN3O2/c1-9(2)5-11(19)8-16-14(20)10-6-12(15)17-13(7-10)18(3)4/h6-7,9,11,19H,5,8H2,1-4H3,(H,16,20). The fourth-order valence-electron chi connectivity index (χ4n) is 1.78. The minimum Gasteiger partial charge on any atom is -0.391 e. The molecule has 0 aliphatic rings. The van der Waals surface area contributed by atoms with E-state index in [1.54, 1.807) is 11.0 Å². The average Bonchev–Trinajstić information content (AvgIpc) is 2.34. The van der Waals surface area contributed by atoms with Gasteiger partial charge in [0.2, 0.25) is 0 Å². The molecule has 1 aromatic rings. The van der Waals surface area contributed by atoms with Crippen LogP contribution < -0.4 is 10.2 Å². The third kappa shape index (κ3) is 5.35. The summed E-state index contributed by atoms with van der Waals surface area (Å²) >= 11 is 5.90. The molecule has 0 radical (unpaired) electrons. The highest BCUT2D eigenvalue weighted by molar-refractivity contribution is 6.29. The van der Waals surface area contributed by atoms with Gasteiger partial charge in [-0.2, -0.15) is 0 Å². The van der Waals surface area contributed by atoms with Gasteiger partial charge in [-0.15, -0.1) is 0 Å². The molecule has 6 heteroatoms. The van der Waals surface area contributed by atoms with Crippen LogP contribution in [0, 0.1) is 5.92 Å².